The molecule has 0 unspecified atom stereocenters. The molecule has 1 aliphatic heterocycles. The van der Waals surface area contributed by atoms with E-state index in [0.29, 0.717) is 0 Å². The highest BCUT2D eigenvalue weighted by atomic mass is 28.3. The maximum Gasteiger partial charge on any atom is 0.160 e. The number of fused-ring (bicyclic) bond motifs is 5. The van der Waals surface area contributed by atoms with Crippen molar-refractivity contribution in [3.05, 3.63) is 146 Å². The molecule has 7 aromatic rings. The van der Waals surface area contributed by atoms with Gasteiger partial charge in [0.25, 0.3) is 0 Å². The minimum absolute atomic E-state index is 0.775. The Morgan fingerprint density at radius 2 is 0.953 bits per heavy atom. The molecule has 0 fully saturated rings. The fraction of sp³-hybridized carbons (Fsp3) is 0.0500. The Kier molecular flexibility index (Phi) is 5.95. The molecule has 1 aliphatic rings. The van der Waals surface area contributed by atoms with Crippen LogP contribution in [0.25, 0.3) is 66.9 Å². The lowest BCUT2D eigenvalue weighted by Gasteiger charge is -2.23. The molecule has 0 N–H and O–H groups in total. The Bertz CT molecular complexity index is 2150. The number of aromatic nitrogens is 2. The van der Waals surface area contributed by atoms with Gasteiger partial charge in [0.2, 0.25) is 0 Å². The predicted molar refractivity (Wildman–Crippen MR) is 183 cm³/mol. The van der Waals surface area contributed by atoms with Crippen LogP contribution in [0.4, 0.5) is 0 Å². The topological polar surface area (TPSA) is 25.8 Å². The van der Waals surface area contributed by atoms with E-state index >= 15 is 0 Å². The van der Waals surface area contributed by atoms with Gasteiger partial charge in [-0.3, -0.25) is 0 Å². The lowest BCUT2D eigenvalue weighted by Crippen LogP contribution is -2.50. The summed E-state index contributed by atoms with van der Waals surface area (Å²) < 4.78 is 0. The minimum atomic E-state index is -2.17. The van der Waals surface area contributed by atoms with Crippen molar-refractivity contribution in [3.8, 4) is 56.2 Å². The molecule has 0 saturated heterocycles. The SMILES string of the molecule is C[Si]1(C)c2c(-c3cccc(-c4cccc(-c5ccccc5)c4)c3)nc(-c3ccccc3)nc2-c2ccc3ccccc3c21. The van der Waals surface area contributed by atoms with Gasteiger partial charge in [0, 0.05) is 16.7 Å². The molecular weight excluding hydrogens is 537 g/mol. The molecule has 0 amide bonds. The van der Waals surface area contributed by atoms with Crippen LogP contribution in [-0.2, 0) is 0 Å². The van der Waals surface area contributed by atoms with Gasteiger partial charge >= 0.3 is 0 Å². The third kappa shape index (κ3) is 4.24. The molecule has 0 atom stereocenters. The summed E-state index contributed by atoms with van der Waals surface area (Å²) in [6, 6.07) is 52.0. The summed E-state index contributed by atoms with van der Waals surface area (Å²) in [5.74, 6) is 0.775. The molecule has 204 valence electrons. The Morgan fingerprint density at radius 3 is 1.67 bits per heavy atom. The molecule has 0 saturated carbocycles. The van der Waals surface area contributed by atoms with Crippen molar-refractivity contribution < 1.29 is 0 Å². The molecule has 2 heterocycles. The molecule has 6 aromatic carbocycles. The summed E-state index contributed by atoms with van der Waals surface area (Å²) in [4.78, 5) is 10.7. The zero-order valence-corrected chi connectivity index (χ0v) is 25.3. The van der Waals surface area contributed by atoms with Crippen LogP contribution in [0.15, 0.2) is 146 Å². The first kappa shape index (κ1) is 25.6. The average molecular weight is 567 g/mol. The van der Waals surface area contributed by atoms with Crippen molar-refractivity contribution in [1.29, 1.82) is 0 Å². The van der Waals surface area contributed by atoms with Gasteiger partial charge in [-0.05, 0) is 55.5 Å². The van der Waals surface area contributed by atoms with Gasteiger partial charge in [0.15, 0.2) is 5.82 Å². The average Bonchev–Trinajstić information content (AvgIpc) is 3.31. The molecule has 0 bridgehead atoms. The van der Waals surface area contributed by atoms with Crippen molar-refractivity contribution >= 4 is 29.2 Å². The Hall–Kier alpha value is -5.12. The first-order chi connectivity index (χ1) is 21.1. The summed E-state index contributed by atoms with van der Waals surface area (Å²) in [7, 11) is -2.17. The number of nitrogens with zero attached hydrogens (tertiary/aromatic N) is 2. The van der Waals surface area contributed by atoms with Crippen LogP contribution in [-0.4, -0.2) is 18.0 Å². The molecular formula is C40H30N2Si. The highest BCUT2D eigenvalue weighted by molar-refractivity contribution is 7.05. The van der Waals surface area contributed by atoms with E-state index in [1.54, 1.807) is 0 Å². The second-order valence-electron chi connectivity index (χ2n) is 11.8. The van der Waals surface area contributed by atoms with E-state index in [1.807, 2.05) is 6.07 Å². The number of rotatable bonds is 4. The van der Waals surface area contributed by atoms with Gasteiger partial charge in [-0.15, -0.1) is 0 Å². The lowest BCUT2D eigenvalue weighted by molar-refractivity contribution is 1.20. The second-order valence-corrected chi connectivity index (χ2v) is 16.1. The van der Waals surface area contributed by atoms with E-state index < -0.39 is 8.07 Å². The van der Waals surface area contributed by atoms with Crippen LogP contribution in [0.5, 0.6) is 0 Å². The fourth-order valence-electron chi connectivity index (χ4n) is 6.80. The quantitative estimate of drug-likeness (QED) is 0.199. The van der Waals surface area contributed by atoms with Gasteiger partial charge in [-0.2, -0.15) is 0 Å². The fourth-order valence-corrected chi connectivity index (χ4v) is 10.4. The second kappa shape index (κ2) is 10.0. The van der Waals surface area contributed by atoms with Crippen LogP contribution in [0.2, 0.25) is 13.1 Å². The van der Waals surface area contributed by atoms with Crippen LogP contribution in [0.3, 0.4) is 0 Å². The monoisotopic (exact) mass is 566 g/mol. The third-order valence-corrected chi connectivity index (χ3v) is 12.3. The highest BCUT2D eigenvalue weighted by Gasteiger charge is 2.43. The number of hydrogen-bond acceptors (Lipinski definition) is 2. The van der Waals surface area contributed by atoms with E-state index in [4.69, 9.17) is 9.97 Å². The number of benzene rings is 6. The van der Waals surface area contributed by atoms with Crippen LogP contribution < -0.4 is 10.4 Å². The van der Waals surface area contributed by atoms with Crippen molar-refractivity contribution in [2.24, 2.45) is 0 Å². The lowest BCUT2D eigenvalue weighted by atomic mass is 9.97. The van der Waals surface area contributed by atoms with Gasteiger partial charge in [0.1, 0.15) is 8.07 Å². The summed E-state index contributed by atoms with van der Waals surface area (Å²) in [6.07, 6.45) is 0. The molecule has 8 rings (SSSR count). The maximum atomic E-state index is 5.37. The van der Waals surface area contributed by atoms with Crippen LogP contribution in [0.1, 0.15) is 0 Å². The predicted octanol–water partition coefficient (Wildman–Crippen LogP) is 9.10. The summed E-state index contributed by atoms with van der Waals surface area (Å²) >= 11 is 0. The Labute approximate surface area is 253 Å². The van der Waals surface area contributed by atoms with Crippen LogP contribution >= 0.6 is 0 Å². The molecule has 3 heteroatoms. The Balaban J connectivity index is 1.35. The summed E-state index contributed by atoms with van der Waals surface area (Å²) in [5, 5.41) is 5.42. The van der Waals surface area contributed by atoms with Gasteiger partial charge in [-0.25, -0.2) is 9.97 Å². The number of hydrogen-bond donors (Lipinski definition) is 0. The van der Waals surface area contributed by atoms with Crippen LogP contribution in [0, 0.1) is 0 Å². The van der Waals surface area contributed by atoms with E-state index in [0.717, 1.165) is 28.3 Å². The highest BCUT2D eigenvalue weighted by Crippen LogP contribution is 2.37. The molecule has 0 radical (unpaired) electrons. The van der Waals surface area contributed by atoms with E-state index in [2.05, 4.69) is 153 Å². The van der Waals surface area contributed by atoms with E-state index in [9.17, 15) is 0 Å². The molecule has 0 aliphatic carbocycles. The van der Waals surface area contributed by atoms with Crippen molar-refractivity contribution in [2.75, 3.05) is 0 Å². The first-order valence-corrected chi connectivity index (χ1v) is 17.8. The molecule has 0 spiro atoms. The van der Waals surface area contributed by atoms with Gasteiger partial charge < -0.3 is 0 Å². The maximum absolute atomic E-state index is 5.37. The normalized spacial score (nSPS) is 13.1. The minimum Gasteiger partial charge on any atom is -0.228 e. The first-order valence-electron chi connectivity index (χ1n) is 14.8. The zero-order valence-electron chi connectivity index (χ0n) is 24.3. The smallest absolute Gasteiger partial charge is 0.160 e. The summed E-state index contributed by atoms with van der Waals surface area (Å²) in [5.41, 5.74) is 10.4. The largest absolute Gasteiger partial charge is 0.228 e. The molecule has 2 nitrogen and oxygen atoms in total. The van der Waals surface area contributed by atoms with Crippen molar-refractivity contribution in [2.45, 2.75) is 13.1 Å². The standard InChI is InChI=1S/C40H30N2Si/c1-43(2)38-34-22-10-9-15-28(34)23-24-35(38)37-39(43)36(41-40(42-37)29-16-7-4-8-17-29)33-21-12-20-32(26-33)31-19-11-18-30(25-31)27-13-5-3-6-14-27/h3-26H,1-2H3. The van der Waals surface area contributed by atoms with Gasteiger partial charge in [0.05, 0.1) is 11.4 Å². The molecule has 1 aromatic heterocycles. The summed E-state index contributed by atoms with van der Waals surface area (Å²) in [6.45, 7) is 4.93. The zero-order chi connectivity index (χ0) is 29.0. The van der Waals surface area contributed by atoms with Gasteiger partial charge in [-0.1, -0.05) is 147 Å². The molecule has 43 heavy (non-hydrogen) atoms. The van der Waals surface area contributed by atoms with Crippen molar-refractivity contribution in [3.63, 3.8) is 0 Å². The van der Waals surface area contributed by atoms with E-state index in [-0.39, 0.29) is 0 Å². The van der Waals surface area contributed by atoms with Crippen molar-refractivity contribution in [1.82, 2.24) is 9.97 Å². The third-order valence-electron chi connectivity index (χ3n) is 8.81. The van der Waals surface area contributed by atoms with E-state index in [1.165, 1.54) is 49.0 Å². The Morgan fingerprint density at radius 1 is 0.419 bits per heavy atom.